The maximum Gasteiger partial charge on any atom is 0.176 e. The molecule has 0 atom stereocenters. The van der Waals surface area contributed by atoms with Gasteiger partial charge in [0.1, 0.15) is 7.05 Å². The Morgan fingerprint density at radius 3 is 2.55 bits per heavy atom. The monoisotopic (exact) mass is 151 g/mol. The molecule has 3 nitrogen and oxygen atoms in total. The highest BCUT2D eigenvalue weighted by Gasteiger charge is 2.03. The van der Waals surface area contributed by atoms with Crippen LogP contribution in [-0.4, -0.2) is 12.3 Å². The Kier molecular flexibility index (Phi) is 2.33. The minimum Gasteiger partial charge on any atom is -0.324 e. The first-order chi connectivity index (χ1) is 5.24. The van der Waals surface area contributed by atoms with Gasteiger partial charge in [-0.05, 0) is 0 Å². The third-order valence-electron chi connectivity index (χ3n) is 1.49. The molecule has 0 aliphatic rings. The van der Waals surface area contributed by atoms with E-state index < -0.39 is 0 Å². The lowest BCUT2D eigenvalue weighted by Gasteiger charge is -1.93. The van der Waals surface area contributed by atoms with Crippen LogP contribution in [0, 0.1) is 0 Å². The summed E-state index contributed by atoms with van der Waals surface area (Å²) in [5.74, 6) is -0.0226. The van der Waals surface area contributed by atoms with Crippen molar-refractivity contribution >= 4 is 5.78 Å². The van der Waals surface area contributed by atoms with Gasteiger partial charge in [-0.25, -0.2) is 4.57 Å². The average Bonchev–Trinajstić information content (AvgIpc) is 2.05. The van der Waals surface area contributed by atoms with Crippen molar-refractivity contribution in [3.8, 4) is 0 Å². The number of ketones is 1. The van der Waals surface area contributed by atoms with Gasteiger partial charge in [-0.3, -0.25) is 4.79 Å². The topological polar surface area (TPSA) is 47.0 Å². The molecule has 58 valence electrons. The van der Waals surface area contributed by atoms with E-state index in [-0.39, 0.29) is 12.3 Å². The van der Waals surface area contributed by atoms with E-state index in [2.05, 4.69) is 0 Å². The van der Waals surface area contributed by atoms with E-state index in [4.69, 9.17) is 5.73 Å². The minimum absolute atomic E-state index is 0.0226. The molecule has 0 saturated heterocycles. The quantitative estimate of drug-likeness (QED) is 0.464. The van der Waals surface area contributed by atoms with Gasteiger partial charge in [-0.15, -0.1) is 0 Å². The SMILES string of the molecule is C[n+]1ccc(C(=O)CN)cc1. The van der Waals surface area contributed by atoms with E-state index in [1.807, 2.05) is 24.0 Å². The van der Waals surface area contributed by atoms with Gasteiger partial charge in [0.25, 0.3) is 0 Å². The van der Waals surface area contributed by atoms with Gasteiger partial charge in [-0.1, -0.05) is 0 Å². The maximum atomic E-state index is 11.0. The number of carbonyl (C=O) groups is 1. The number of hydrogen-bond donors (Lipinski definition) is 1. The fourth-order valence-electron chi connectivity index (χ4n) is 0.805. The highest BCUT2D eigenvalue weighted by atomic mass is 16.1. The lowest BCUT2D eigenvalue weighted by molar-refractivity contribution is -0.671. The molecule has 0 spiro atoms. The third-order valence-corrected chi connectivity index (χ3v) is 1.49. The molecule has 0 aliphatic heterocycles. The molecule has 0 amide bonds. The number of rotatable bonds is 2. The van der Waals surface area contributed by atoms with Crippen LogP contribution in [-0.2, 0) is 7.05 Å². The van der Waals surface area contributed by atoms with Crippen molar-refractivity contribution in [1.29, 1.82) is 0 Å². The van der Waals surface area contributed by atoms with Crippen molar-refractivity contribution in [2.75, 3.05) is 6.54 Å². The van der Waals surface area contributed by atoms with Crippen molar-refractivity contribution in [3.63, 3.8) is 0 Å². The fourth-order valence-corrected chi connectivity index (χ4v) is 0.805. The zero-order valence-corrected chi connectivity index (χ0v) is 6.45. The van der Waals surface area contributed by atoms with Crippen molar-refractivity contribution in [2.24, 2.45) is 12.8 Å². The molecule has 0 aliphatic carbocycles. The second-order valence-electron chi connectivity index (χ2n) is 2.38. The Labute approximate surface area is 65.5 Å². The number of hydrogen-bond acceptors (Lipinski definition) is 2. The summed E-state index contributed by atoms with van der Waals surface area (Å²) in [5.41, 5.74) is 5.86. The lowest BCUT2D eigenvalue weighted by Crippen LogP contribution is -2.27. The molecule has 0 aromatic carbocycles. The van der Waals surface area contributed by atoms with Gasteiger partial charge >= 0.3 is 0 Å². The number of carbonyl (C=O) groups excluding carboxylic acids is 1. The zero-order chi connectivity index (χ0) is 8.27. The summed E-state index contributed by atoms with van der Waals surface area (Å²) in [6.07, 6.45) is 3.64. The van der Waals surface area contributed by atoms with E-state index >= 15 is 0 Å². The first-order valence-corrected chi connectivity index (χ1v) is 3.42. The number of aryl methyl sites for hydroxylation is 1. The Morgan fingerprint density at radius 2 is 2.09 bits per heavy atom. The molecule has 0 bridgehead atoms. The molecule has 1 rings (SSSR count). The smallest absolute Gasteiger partial charge is 0.176 e. The minimum atomic E-state index is -0.0226. The molecule has 1 aromatic heterocycles. The Hall–Kier alpha value is -1.22. The molecule has 1 heterocycles. The van der Waals surface area contributed by atoms with Crippen LogP contribution in [0.15, 0.2) is 24.5 Å². The van der Waals surface area contributed by atoms with Gasteiger partial charge in [0.05, 0.1) is 6.54 Å². The molecule has 0 fully saturated rings. The van der Waals surface area contributed by atoms with E-state index in [9.17, 15) is 4.79 Å². The first kappa shape index (κ1) is 7.88. The zero-order valence-electron chi connectivity index (χ0n) is 6.45. The molecule has 0 unspecified atom stereocenters. The van der Waals surface area contributed by atoms with Crippen molar-refractivity contribution in [3.05, 3.63) is 30.1 Å². The van der Waals surface area contributed by atoms with Crippen LogP contribution in [0.4, 0.5) is 0 Å². The second-order valence-corrected chi connectivity index (χ2v) is 2.38. The molecule has 2 N–H and O–H groups in total. The Balaban J connectivity index is 2.90. The highest BCUT2D eigenvalue weighted by molar-refractivity contribution is 5.97. The fraction of sp³-hybridized carbons (Fsp3) is 0.250. The van der Waals surface area contributed by atoms with Crippen LogP contribution in [0.1, 0.15) is 10.4 Å². The Morgan fingerprint density at radius 1 is 1.55 bits per heavy atom. The summed E-state index contributed by atoms with van der Waals surface area (Å²) in [6.45, 7) is 0.0771. The van der Waals surface area contributed by atoms with Gasteiger partial charge in [0, 0.05) is 17.7 Å². The van der Waals surface area contributed by atoms with E-state index in [1.54, 1.807) is 12.1 Å². The van der Waals surface area contributed by atoms with Gasteiger partial charge in [0.2, 0.25) is 0 Å². The molecule has 0 radical (unpaired) electrons. The largest absolute Gasteiger partial charge is 0.324 e. The third kappa shape index (κ3) is 1.85. The van der Waals surface area contributed by atoms with Crippen LogP contribution in [0.25, 0.3) is 0 Å². The summed E-state index contributed by atoms with van der Waals surface area (Å²) in [4.78, 5) is 11.0. The summed E-state index contributed by atoms with van der Waals surface area (Å²) >= 11 is 0. The van der Waals surface area contributed by atoms with Crippen LogP contribution in [0.2, 0.25) is 0 Å². The van der Waals surface area contributed by atoms with Gasteiger partial charge < -0.3 is 5.73 Å². The maximum absolute atomic E-state index is 11.0. The normalized spacial score (nSPS) is 9.64. The molecule has 0 saturated carbocycles. The first-order valence-electron chi connectivity index (χ1n) is 3.42. The highest BCUT2D eigenvalue weighted by Crippen LogP contribution is 1.94. The molecule has 3 heteroatoms. The van der Waals surface area contributed by atoms with Crippen molar-refractivity contribution in [1.82, 2.24) is 0 Å². The van der Waals surface area contributed by atoms with Gasteiger partial charge in [0.15, 0.2) is 18.2 Å². The number of nitrogens with two attached hydrogens (primary N) is 1. The molecule has 11 heavy (non-hydrogen) atoms. The lowest BCUT2D eigenvalue weighted by atomic mass is 10.2. The van der Waals surface area contributed by atoms with E-state index in [0.29, 0.717) is 5.56 Å². The van der Waals surface area contributed by atoms with Crippen LogP contribution < -0.4 is 10.3 Å². The van der Waals surface area contributed by atoms with E-state index in [0.717, 1.165) is 0 Å². The van der Waals surface area contributed by atoms with Crippen LogP contribution in [0.5, 0.6) is 0 Å². The number of nitrogens with zero attached hydrogens (tertiary/aromatic N) is 1. The number of pyridine rings is 1. The van der Waals surface area contributed by atoms with Crippen LogP contribution in [0.3, 0.4) is 0 Å². The predicted molar refractivity (Wildman–Crippen MR) is 41.0 cm³/mol. The standard InChI is InChI=1S/C8H11N2O/c1-10-4-2-7(3-5-10)8(11)6-9/h2-5H,6,9H2,1H3/q+1. The summed E-state index contributed by atoms with van der Waals surface area (Å²) in [6, 6.07) is 3.52. The summed E-state index contributed by atoms with van der Waals surface area (Å²) in [7, 11) is 1.90. The average molecular weight is 151 g/mol. The molecular weight excluding hydrogens is 140 g/mol. The predicted octanol–water partition coefficient (Wildman–Crippen LogP) is -0.348. The Bertz CT molecular complexity index is 253. The molecular formula is C8H11N2O+. The summed E-state index contributed by atoms with van der Waals surface area (Å²) in [5, 5.41) is 0. The van der Waals surface area contributed by atoms with Crippen molar-refractivity contribution in [2.45, 2.75) is 0 Å². The number of Topliss-reactive ketones (excluding diaryl/α,β-unsaturated/α-hetero) is 1. The van der Waals surface area contributed by atoms with Crippen molar-refractivity contribution < 1.29 is 9.36 Å². The summed E-state index contributed by atoms with van der Waals surface area (Å²) < 4.78 is 1.87. The number of aromatic nitrogens is 1. The van der Waals surface area contributed by atoms with Crippen LogP contribution >= 0.6 is 0 Å². The molecule has 1 aromatic rings. The van der Waals surface area contributed by atoms with E-state index in [1.165, 1.54) is 0 Å². The second kappa shape index (κ2) is 3.25. The van der Waals surface area contributed by atoms with Gasteiger partial charge in [-0.2, -0.15) is 0 Å².